The summed E-state index contributed by atoms with van der Waals surface area (Å²) in [6, 6.07) is 18.8. The lowest BCUT2D eigenvalue weighted by atomic mass is 9.93. The van der Waals surface area contributed by atoms with E-state index in [-0.39, 0.29) is 0 Å². The average molecular weight is 227 g/mol. The van der Waals surface area contributed by atoms with Gasteiger partial charge in [-0.3, -0.25) is 0 Å². The normalized spacial score (nSPS) is 18.1. The highest BCUT2D eigenvalue weighted by Crippen LogP contribution is 2.41. The number of rotatable bonds is 1. The van der Waals surface area contributed by atoms with Crippen LogP contribution in [-0.4, -0.2) is 0 Å². The molecule has 2 aromatic rings. The third-order valence-corrected chi connectivity index (χ3v) is 3.35. The number of benzene rings is 2. The third-order valence-electron chi connectivity index (χ3n) is 3.02. The molecule has 0 nitrogen and oxygen atoms in total. The van der Waals surface area contributed by atoms with Crippen molar-refractivity contribution in [3.8, 4) is 0 Å². The van der Waals surface area contributed by atoms with E-state index in [0.29, 0.717) is 5.92 Å². The number of halogens is 1. The van der Waals surface area contributed by atoms with Crippen LogP contribution in [0.25, 0.3) is 5.03 Å². The largest absolute Gasteiger partial charge is 0.0840 e. The topological polar surface area (TPSA) is 0 Å². The van der Waals surface area contributed by atoms with Crippen LogP contribution in [0.4, 0.5) is 0 Å². The second-order valence-electron chi connectivity index (χ2n) is 3.99. The fraction of sp³-hybridized carbons (Fsp3) is 0.0667. The van der Waals surface area contributed by atoms with E-state index >= 15 is 0 Å². The minimum atomic E-state index is 0.310. The van der Waals surface area contributed by atoms with Crippen LogP contribution in [0.2, 0.25) is 0 Å². The zero-order valence-electron chi connectivity index (χ0n) is 8.73. The third kappa shape index (κ3) is 1.46. The lowest BCUT2D eigenvalue weighted by Gasteiger charge is -2.10. The van der Waals surface area contributed by atoms with Crippen molar-refractivity contribution in [3.05, 3.63) is 77.4 Å². The van der Waals surface area contributed by atoms with Gasteiger partial charge in [-0.1, -0.05) is 72.3 Å². The molecule has 1 aliphatic carbocycles. The molecule has 0 unspecified atom stereocenters. The molecule has 0 amide bonds. The molecule has 3 rings (SSSR count). The summed E-state index contributed by atoms with van der Waals surface area (Å²) >= 11 is 6.25. The summed E-state index contributed by atoms with van der Waals surface area (Å²) in [6.07, 6.45) is 2.13. The van der Waals surface area contributed by atoms with E-state index < -0.39 is 0 Å². The van der Waals surface area contributed by atoms with Gasteiger partial charge in [-0.15, -0.1) is 0 Å². The Bertz CT molecular complexity index is 540. The Labute approximate surface area is 100 Å². The first-order chi connectivity index (χ1) is 7.86. The molecular weight excluding hydrogens is 216 g/mol. The number of hydrogen-bond donors (Lipinski definition) is 0. The highest BCUT2D eigenvalue weighted by Gasteiger charge is 2.22. The zero-order valence-corrected chi connectivity index (χ0v) is 9.48. The van der Waals surface area contributed by atoms with Crippen molar-refractivity contribution in [2.24, 2.45) is 0 Å². The fourth-order valence-electron chi connectivity index (χ4n) is 2.25. The van der Waals surface area contributed by atoms with Gasteiger partial charge in [0.1, 0.15) is 0 Å². The molecule has 0 N–H and O–H groups in total. The summed E-state index contributed by atoms with van der Waals surface area (Å²) < 4.78 is 0. The molecular formula is C15H11Cl. The van der Waals surface area contributed by atoms with Crippen LogP contribution >= 0.6 is 11.6 Å². The second kappa shape index (κ2) is 3.80. The monoisotopic (exact) mass is 226 g/mol. The van der Waals surface area contributed by atoms with Crippen LogP contribution < -0.4 is 0 Å². The highest BCUT2D eigenvalue weighted by molar-refractivity contribution is 6.49. The van der Waals surface area contributed by atoms with Crippen LogP contribution in [-0.2, 0) is 0 Å². The Morgan fingerprint density at radius 1 is 0.812 bits per heavy atom. The Balaban J connectivity index is 2.13. The summed E-state index contributed by atoms with van der Waals surface area (Å²) in [5, 5.41) is 0.865. The van der Waals surface area contributed by atoms with E-state index in [1.54, 1.807) is 0 Å². The lowest BCUT2D eigenvalue weighted by molar-refractivity contribution is 1.05. The molecule has 1 aliphatic rings. The SMILES string of the molecule is ClC1=C[C@@H](c2ccccc2)c2ccccc21. The van der Waals surface area contributed by atoms with Crippen molar-refractivity contribution in [1.29, 1.82) is 0 Å². The lowest BCUT2D eigenvalue weighted by Crippen LogP contribution is -1.94. The molecule has 0 aliphatic heterocycles. The van der Waals surface area contributed by atoms with E-state index in [1.807, 2.05) is 12.1 Å². The van der Waals surface area contributed by atoms with Crippen molar-refractivity contribution in [3.63, 3.8) is 0 Å². The maximum Gasteiger partial charge on any atom is 0.0451 e. The van der Waals surface area contributed by atoms with Crippen molar-refractivity contribution in [2.75, 3.05) is 0 Å². The summed E-state index contributed by atoms with van der Waals surface area (Å²) in [5.74, 6) is 0.310. The van der Waals surface area contributed by atoms with E-state index in [2.05, 4.69) is 48.5 Å². The molecule has 78 valence electrons. The summed E-state index contributed by atoms with van der Waals surface area (Å²) in [7, 11) is 0. The van der Waals surface area contributed by atoms with E-state index in [1.165, 1.54) is 11.1 Å². The highest BCUT2D eigenvalue weighted by atomic mass is 35.5. The first-order valence-electron chi connectivity index (χ1n) is 5.38. The molecule has 0 saturated heterocycles. The predicted octanol–water partition coefficient (Wildman–Crippen LogP) is 4.41. The van der Waals surface area contributed by atoms with Crippen LogP contribution in [0.5, 0.6) is 0 Å². The van der Waals surface area contributed by atoms with Crippen LogP contribution in [0, 0.1) is 0 Å². The van der Waals surface area contributed by atoms with Crippen LogP contribution in [0.1, 0.15) is 22.6 Å². The molecule has 0 fully saturated rings. The fourth-order valence-corrected chi connectivity index (χ4v) is 2.55. The van der Waals surface area contributed by atoms with Gasteiger partial charge in [-0.2, -0.15) is 0 Å². The number of hydrogen-bond acceptors (Lipinski definition) is 0. The molecule has 0 spiro atoms. The maximum atomic E-state index is 6.25. The average Bonchev–Trinajstić information content (AvgIpc) is 2.69. The predicted molar refractivity (Wildman–Crippen MR) is 68.6 cm³/mol. The minimum absolute atomic E-state index is 0.310. The maximum absolute atomic E-state index is 6.25. The number of fused-ring (bicyclic) bond motifs is 1. The van der Waals surface area contributed by atoms with Gasteiger partial charge in [0.05, 0.1) is 0 Å². The van der Waals surface area contributed by atoms with E-state index in [9.17, 15) is 0 Å². The van der Waals surface area contributed by atoms with E-state index in [0.717, 1.165) is 10.6 Å². The van der Waals surface area contributed by atoms with Gasteiger partial charge >= 0.3 is 0 Å². The zero-order chi connectivity index (χ0) is 11.0. The molecule has 16 heavy (non-hydrogen) atoms. The van der Waals surface area contributed by atoms with Crippen molar-refractivity contribution in [2.45, 2.75) is 5.92 Å². The summed E-state index contributed by atoms with van der Waals surface area (Å²) in [4.78, 5) is 0. The minimum Gasteiger partial charge on any atom is -0.0840 e. The van der Waals surface area contributed by atoms with Gasteiger partial charge in [0, 0.05) is 11.0 Å². The van der Waals surface area contributed by atoms with Crippen LogP contribution in [0.3, 0.4) is 0 Å². The van der Waals surface area contributed by atoms with Gasteiger partial charge in [0.25, 0.3) is 0 Å². The standard InChI is InChI=1S/C15H11Cl/c16-15-10-14(11-6-2-1-3-7-11)12-8-4-5-9-13(12)15/h1-10,14H/t14-/m0/s1. The van der Waals surface area contributed by atoms with Crippen molar-refractivity contribution < 1.29 is 0 Å². The summed E-state index contributed by atoms with van der Waals surface area (Å²) in [6.45, 7) is 0. The Morgan fingerprint density at radius 2 is 1.50 bits per heavy atom. The molecule has 2 aromatic carbocycles. The molecule has 1 atom stereocenters. The Hall–Kier alpha value is -1.53. The van der Waals surface area contributed by atoms with Gasteiger partial charge in [-0.25, -0.2) is 0 Å². The van der Waals surface area contributed by atoms with Gasteiger partial charge in [-0.05, 0) is 16.7 Å². The molecule has 1 heteroatoms. The smallest absolute Gasteiger partial charge is 0.0451 e. The molecule has 0 heterocycles. The van der Waals surface area contributed by atoms with Crippen molar-refractivity contribution in [1.82, 2.24) is 0 Å². The molecule has 0 saturated carbocycles. The Morgan fingerprint density at radius 3 is 2.31 bits per heavy atom. The molecule has 0 aromatic heterocycles. The molecule has 0 radical (unpaired) electrons. The van der Waals surface area contributed by atoms with Crippen molar-refractivity contribution >= 4 is 16.6 Å². The molecule has 0 bridgehead atoms. The first kappa shape index (κ1) is 9.68. The first-order valence-corrected chi connectivity index (χ1v) is 5.75. The van der Waals surface area contributed by atoms with Gasteiger partial charge < -0.3 is 0 Å². The van der Waals surface area contributed by atoms with Gasteiger partial charge in [0.2, 0.25) is 0 Å². The second-order valence-corrected chi connectivity index (χ2v) is 4.40. The quantitative estimate of drug-likeness (QED) is 0.676. The Kier molecular flexibility index (Phi) is 2.30. The van der Waals surface area contributed by atoms with Gasteiger partial charge in [0.15, 0.2) is 0 Å². The van der Waals surface area contributed by atoms with Crippen LogP contribution in [0.15, 0.2) is 60.7 Å². The van der Waals surface area contributed by atoms with E-state index in [4.69, 9.17) is 11.6 Å². The summed E-state index contributed by atoms with van der Waals surface area (Å²) in [5.41, 5.74) is 3.77. The number of allylic oxidation sites excluding steroid dienone is 1.